The zero-order valence-electron chi connectivity index (χ0n) is 15.5. The molecule has 0 bridgehead atoms. The highest BCUT2D eigenvalue weighted by molar-refractivity contribution is 6.51. The molecule has 1 N–H and O–H groups in total. The second kappa shape index (κ2) is 7.53. The van der Waals surface area contributed by atoms with Crippen molar-refractivity contribution in [2.75, 3.05) is 4.90 Å². The van der Waals surface area contributed by atoms with Gasteiger partial charge in [0.15, 0.2) is 0 Å². The molecule has 1 unspecified atom stereocenters. The second-order valence-corrected chi connectivity index (χ2v) is 7.21. The summed E-state index contributed by atoms with van der Waals surface area (Å²) in [6.45, 7) is 1.93. The van der Waals surface area contributed by atoms with Gasteiger partial charge in [0.2, 0.25) is 0 Å². The number of halogens is 1. The largest absolute Gasteiger partial charge is 0.507 e. The number of Topliss-reactive ketones (excluding diaryl/α,β-unsaturated/α-hetero) is 1. The number of hydrogen-bond acceptors (Lipinski definition) is 4. The normalized spacial score (nSPS) is 18.3. The van der Waals surface area contributed by atoms with Crippen molar-refractivity contribution < 1.29 is 14.7 Å². The van der Waals surface area contributed by atoms with E-state index in [4.69, 9.17) is 11.6 Å². The van der Waals surface area contributed by atoms with Crippen molar-refractivity contribution in [3.63, 3.8) is 0 Å². The fraction of sp³-hybridized carbons (Fsp3) is 0.0870. The van der Waals surface area contributed by atoms with Gasteiger partial charge < -0.3 is 5.11 Å². The lowest BCUT2D eigenvalue weighted by Gasteiger charge is -2.24. The third kappa shape index (κ3) is 3.41. The molecule has 0 spiro atoms. The van der Waals surface area contributed by atoms with Crippen LogP contribution in [0.25, 0.3) is 5.76 Å². The number of ketones is 1. The van der Waals surface area contributed by atoms with Gasteiger partial charge in [-0.05, 0) is 36.8 Å². The average Bonchev–Trinajstić information content (AvgIpc) is 2.99. The van der Waals surface area contributed by atoms with E-state index in [1.807, 2.05) is 19.1 Å². The maximum absolute atomic E-state index is 13.0. The Bertz CT molecular complexity index is 1120. The zero-order chi connectivity index (χ0) is 20.5. The summed E-state index contributed by atoms with van der Waals surface area (Å²) in [6, 6.07) is 18.2. The number of pyridine rings is 1. The Morgan fingerprint density at radius 1 is 1.03 bits per heavy atom. The molecule has 0 aliphatic carbocycles. The molecule has 1 aliphatic heterocycles. The SMILES string of the molecule is Cc1ccc(/C(O)=C2\C(=O)C(=O)N(c3ccccn3)C2c2cccc(Cl)c2)cc1. The summed E-state index contributed by atoms with van der Waals surface area (Å²) in [4.78, 5) is 31.4. The highest BCUT2D eigenvalue weighted by Crippen LogP contribution is 2.41. The van der Waals surface area contributed by atoms with E-state index in [2.05, 4.69) is 4.98 Å². The van der Waals surface area contributed by atoms with Gasteiger partial charge in [-0.3, -0.25) is 14.5 Å². The summed E-state index contributed by atoms with van der Waals surface area (Å²) in [6.07, 6.45) is 1.55. The molecule has 6 heteroatoms. The van der Waals surface area contributed by atoms with E-state index in [0.717, 1.165) is 5.56 Å². The van der Waals surface area contributed by atoms with Crippen LogP contribution in [0.15, 0.2) is 78.5 Å². The highest BCUT2D eigenvalue weighted by Gasteiger charge is 2.47. The van der Waals surface area contributed by atoms with Crippen LogP contribution in [-0.2, 0) is 9.59 Å². The van der Waals surface area contributed by atoms with Crippen molar-refractivity contribution in [3.8, 4) is 0 Å². The fourth-order valence-corrected chi connectivity index (χ4v) is 3.62. The number of hydrogen-bond donors (Lipinski definition) is 1. The average molecular weight is 405 g/mol. The Kier molecular flexibility index (Phi) is 4.91. The van der Waals surface area contributed by atoms with E-state index < -0.39 is 17.7 Å². The van der Waals surface area contributed by atoms with Gasteiger partial charge in [0, 0.05) is 16.8 Å². The van der Waals surface area contributed by atoms with E-state index in [1.54, 1.807) is 60.8 Å². The molecule has 1 aliphatic rings. The number of anilines is 1. The lowest BCUT2D eigenvalue weighted by molar-refractivity contribution is -0.132. The van der Waals surface area contributed by atoms with E-state index in [0.29, 0.717) is 22.0 Å². The van der Waals surface area contributed by atoms with Crippen molar-refractivity contribution >= 4 is 34.9 Å². The summed E-state index contributed by atoms with van der Waals surface area (Å²) in [5, 5.41) is 11.5. The molecule has 3 aromatic rings. The van der Waals surface area contributed by atoms with Crippen LogP contribution in [0.3, 0.4) is 0 Å². The van der Waals surface area contributed by atoms with Crippen LogP contribution in [0, 0.1) is 6.92 Å². The number of amides is 1. The number of carbonyl (C=O) groups excluding carboxylic acids is 2. The summed E-state index contributed by atoms with van der Waals surface area (Å²) in [5.74, 6) is -1.42. The Morgan fingerprint density at radius 2 is 1.79 bits per heavy atom. The molecule has 4 rings (SSSR count). The molecule has 2 heterocycles. The minimum atomic E-state index is -0.843. The molecule has 29 heavy (non-hydrogen) atoms. The molecule has 1 saturated heterocycles. The van der Waals surface area contributed by atoms with Crippen molar-refractivity contribution in [2.45, 2.75) is 13.0 Å². The Hall–Kier alpha value is -3.44. The van der Waals surface area contributed by atoms with Crippen LogP contribution in [0.4, 0.5) is 5.82 Å². The Balaban J connectivity index is 1.95. The van der Waals surface area contributed by atoms with Crippen LogP contribution in [-0.4, -0.2) is 21.8 Å². The first-order valence-corrected chi connectivity index (χ1v) is 9.39. The number of rotatable bonds is 3. The second-order valence-electron chi connectivity index (χ2n) is 6.78. The lowest BCUT2D eigenvalue weighted by atomic mass is 9.95. The minimum Gasteiger partial charge on any atom is -0.507 e. The predicted octanol–water partition coefficient (Wildman–Crippen LogP) is 4.67. The number of aromatic nitrogens is 1. The van der Waals surface area contributed by atoms with Crippen LogP contribution >= 0.6 is 11.6 Å². The number of nitrogens with zero attached hydrogens (tertiary/aromatic N) is 2. The predicted molar refractivity (Wildman–Crippen MR) is 112 cm³/mol. The molecule has 1 amide bonds. The van der Waals surface area contributed by atoms with E-state index >= 15 is 0 Å². The maximum Gasteiger partial charge on any atom is 0.301 e. The molecule has 144 valence electrons. The van der Waals surface area contributed by atoms with E-state index in [-0.39, 0.29) is 11.3 Å². The first-order valence-electron chi connectivity index (χ1n) is 9.02. The number of aliphatic hydroxyl groups is 1. The van der Waals surface area contributed by atoms with Gasteiger partial charge in [0.25, 0.3) is 5.78 Å². The fourth-order valence-electron chi connectivity index (χ4n) is 3.42. The van der Waals surface area contributed by atoms with Crippen molar-refractivity contribution in [1.82, 2.24) is 4.98 Å². The maximum atomic E-state index is 13.0. The Labute approximate surface area is 172 Å². The van der Waals surface area contributed by atoms with Gasteiger partial charge in [-0.1, -0.05) is 59.6 Å². The molecule has 2 aromatic carbocycles. The molecular weight excluding hydrogens is 388 g/mol. The van der Waals surface area contributed by atoms with Crippen LogP contribution in [0.5, 0.6) is 0 Å². The van der Waals surface area contributed by atoms with Crippen LogP contribution in [0.1, 0.15) is 22.7 Å². The van der Waals surface area contributed by atoms with Crippen LogP contribution < -0.4 is 4.90 Å². The summed E-state index contributed by atoms with van der Waals surface area (Å²) < 4.78 is 0. The standard InChI is InChI=1S/C23H17ClN2O3/c1-14-8-10-15(11-9-14)21(27)19-20(16-5-4-6-17(24)13-16)26(23(29)22(19)28)18-7-2-3-12-25-18/h2-13,20,27H,1H3/b21-19+. The molecule has 1 atom stereocenters. The lowest BCUT2D eigenvalue weighted by Crippen LogP contribution is -2.30. The number of benzene rings is 2. The smallest absolute Gasteiger partial charge is 0.301 e. The molecule has 1 aromatic heterocycles. The first-order chi connectivity index (χ1) is 14.0. The van der Waals surface area contributed by atoms with Crippen molar-refractivity contribution in [2.24, 2.45) is 0 Å². The van der Waals surface area contributed by atoms with Gasteiger partial charge in [0.1, 0.15) is 11.6 Å². The van der Waals surface area contributed by atoms with Crippen LogP contribution in [0.2, 0.25) is 5.02 Å². The monoisotopic (exact) mass is 404 g/mol. The van der Waals surface area contributed by atoms with Gasteiger partial charge in [-0.15, -0.1) is 0 Å². The Morgan fingerprint density at radius 3 is 2.45 bits per heavy atom. The first kappa shape index (κ1) is 18.9. The number of aliphatic hydroxyl groups excluding tert-OH is 1. The van der Waals surface area contributed by atoms with Crippen molar-refractivity contribution in [1.29, 1.82) is 0 Å². The quantitative estimate of drug-likeness (QED) is 0.391. The number of carbonyl (C=O) groups is 2. The number of aryl methyl sites for hydroxylation is 1. The topological polar surface area (TPSA) is 70.5 Å². The van der Waals surface area contributed by atoms with Gasteiger partial charge in [0.05, 0.1) is 11.6 Å². The summed E-state index contributed by atoms with van der Waals surface area (Å²) >= 11 is 6.17. The highest BCUT2D eigenvalue weighted by atomic mass is 35.5. The zero-order valence-corrected chi connectivity index (χ0v) is 16.3. The molecule has 0 saturated carbocycles. The third-order valence-corrected chi connectivity index (χ3v) is 5.07. The van der Waals surface area contributed by atoms with Gasteiger partial charge >= 0.3 is 5.91 Å². The van der Waals surface area contributed by atoms with Crippen molar-refractivity contribution in [3.05, 3.63) is 100 Å². The minimum absolute atomic E-state index is 0.00627. The summed E-state index contributed by atoms with van der Waals surface area (Å²) in [7, 11) is 0. The molecule has 5 nitrogen and oxygen atoms in total. The van der Waals surface area contributed by atoms with E-state index in [9.17, 15) is 14.7 Å². The summed E-state index contributed by atoms with van der Waals surface area (Å²) in [5.41, 5.74) is 2.09. The van der Waals surface area contributed by atoms with E-state index in [1.165, 1.54) is 4.90 Å². The third-order valence-electron chi connectivity index (χ3n) is 4.83. The molecule has 1 fully saturated rings. The molecule has 0 radical (unpaired) electrons. The van der Waals surface area contributed by atoms with Gasteiger partial charge in [-0.25, -0.2) is 4.98 Å². The van der Waals surface area contributed by atoms with Gasteiger partial charge in [-0.2, -0.15) is 0 Å². The molecular formula is C23H17ClN2O3.